The molecule has 0 bridgehead atoms. The van der Waals surface area contributed by atoms with Crippen molar-refractivity contribution in [2.24, 2.45) is 5.92 Å². The van der Waals surface area contributed by atoms with E-state index >= 15 is 0 Å². The van der Waals surface area contributed by atoms with Gasteiger partial charge >= 0.3 is 12.2 Å². The lowest BCUT2D eigenvalue weighted by atomic mass is 9.96. The van der Waals surface area contributed by atoms with Gasteiger partial charge in [0.15, 0.2) is 5.13 Å². The molecule has 3 N–H and O–H groups in total. The SMILES string of the molecule is O=C(Nc1ncc(CO)s1)N1CCC(CNc2ccccc2C(F)(F)F)CC1. The molecule has 0 aliphatic carbocycles. The van der Waals surface area contributed by atoms with Crippen LogP contribution in [-0.2, 0) is 12.8 Å². The average molecular weight is 414 g/mol. The summed E-state index contributed by atoms with van der Waals surface area (Å²) in [5, 5.41) is 15.1. The minimum absolute atomic E-state index is 0.0821. The number of para-hydroxylation sites is 1. The number of anilines is 2. The molecule has 0 radical (unpaired) electrons. The van der Waals surface area contributed by atoms with Crippen molar-refractivity contribution in [3.05, 3.63) is 40.9 Å². The van der Waals surface area contributed by atoms with Gasteiger partial charge in [0.1, 0.15) is 0 Å². The highest BCUT2D eigenvalue weighted by Gasteiger charge is 2.33. The first-order valence-electron chi connectivity index (χ1n) is 8.88. The van der Waals surface area contributed by atoms with Crippen molar-refractivity contribution in [1.29, 1.82) is 0 Å². The number of piperidine rings is 1. The van der Waals surface area contributed by atoms with E-state index in [0.717, 1.165) is 6.07 Å². The van der Waals surface area contributed by atoms with Crippen LogP contribution in [0.5, 0.6) is 0 Å². The van der Waals surface area contributed by atoms with Gasteiger partial charge in [-0.05, 0) is 30.9 Å². The third kappa shape index (κ3) is 5.14. The molecule has 28 heavy (non-hydrogen) atoms. The number of hydrogen-bond donors (Lipinski definition) is 3. The number of aliphatic hydroxyl groups is 1. The number of hydrogen-bond acceptors (Lipinski definition) is 5. The molecule has 0 unspecified atom stereocenters. The molecule has 1 aliphatic rings. The van der Waals surface area contributed by atoms with Gasteiger partial charge in [0.25, 0.3) is 0 Å². The number of likely N-dealkylation sites (tertiary alicyclic amines) is 1. The summed E-state index contributed by atoms with van der Waals surface area (Å²) in [6, 6.07) is 5.19. The van der Waals surface area contributed by atoms with Gasteiger partial charge in [-0.3, -0.25) is 5.32 Å². The Morgan fingerprint density at radius 3 is 2.64 bits per heavy atom. The number of benzene rings is 1. The number of aromatic nitrogens is 1. The number of halogens is 3. The predicted molar refractivity (Wildman–Crippen MR) is 101 cm³/mol. The molecule has 6 nitrogen and oxygen atoms in total. The zero-order chi connectivity index (χ0) is 20.1. The summed E-state index contributed by atoms with van der Waals surface area (Å²) < 4.78 is 39.1. The number of thiazole rings is 1. The number of nitrogens with zero attached hydrogens (tertiary/aromatic N) is 2. The standard InChI is InChI=1S/C18H21F3N4O2S/c19-18(20,21)14-3-1-2-4-15(14)22-9-12-5-7-25(8-6-12)17(27)24-16-23-10-13(11-26)28-16/h1-4,10,12,22,26H,5-9,11H2,(H,23,24,27). The Labute approximate surface area is 164 Å². The fourth-order valence-corrected chi connectivity index (χ4v) is 3.75. The molecular weight excluding hydrogens is 393 g/mol. The fourth-order valence-electron chi connectivity index (χ4n) is 3.09. The second kappa shape index (κ2) is 8.78. The fraction of sp³-hybridized carbons (Fsp3) is 0.444. The third-order valence-electron chi connectivity index (χ3n) is 4.64. The molecule has 0 spiro atoms. The van der Waals surface area contributed by atoms with Crippen LogP contribution in [0.4, 0.5) is 28.8 Å². The summed E-state index contributed by atoms with van der Waals surface area (Å²) in [4.78, 5) is 18.6. The summed E-state index contributed by atoms with van der Waals surface area (Å²) in [5.41, 5.74) is -0.587. The number of nitrogens with one attached hydrogen (secondary N) is 2. The van der Waals surface area contributed by atoms with Crippen molar-refractivity contribution in [1.82, 2.24) is 9.88 Å². The van der Waals surface area contributed by atoms with E-state index in [-0.39, 0.29) is 24.2 Å². The second-order valence-corrected chi connectivity index (χ2v) is 7.69. The van der Waals surface area contributed by atoms with Gasteiger partial charge in [-0.1, -0.05) is 23.5 Å². The van der Waals surface area contributed by atoms with Crippen LogP contribution in [0.3, 0.4) is 0 Å². The van der Waals surface area contributed by atoms with Crippen molar-refractivity contribution >= 4 is 28.2 Å². The maximum atomic E-state index is 13.0. The van der Waals surface area contributed by atoms with Gasteiger partial charge in [0, 0.05) is 31.5 Å². The van der Waals surface area contributed by atoms with E-state index in [1.807, 2.05) is 0 Å². The number of alkyl halides is 3. The molecule has 10 heteroatoms. The highest BCUT2D eigenvalue weighted by atomic mass is 32.1. The molecule has 3 rings (SSSR count). The maximum Gasteiger partial charge on any atom is 0.418 e. The smallest absolute Gasteiger partial charge is 0.391 e. The average Bonchev–Trinajstić information content (AvgIpc) is 3.14. The molecule has 2 heterocycles. The normalized spacial score (nSPS) is 15.5. The van der Waals surface area contributed by atoms with E-state index in [2.05, 4.69) is 15.6 Å². The van der Waals surface area contributed by atoms with Gasteiger partial charge in [-0.2, -0.15) is 13.2 Å². The Morgan fingerprint density at radius 1 is 1.29 bits per heavy atom. The topological polar surface area (TPSA) is 77.5 Å². The molecule has 0 saturated carbocycles. The molecular formula is C18H21F3N4O2S. The Morgan fingerprint density at radius 2 is 2.00 bits per heavy atom. The molecule has 1 aliphatic heterocycles. The van der Waals surface area contributed by atoms with Gasteiger partial charge in [-0.25, -0.2) is 9.78 Å². The lowest BCUT2D eigenvalue weighted by Gasteiger charge is -2.32. The van der Waals surface area contributed by atoms with Crippen LogP contribution in [0, 0.1) is 5.92 Å². The molecule has 0 atom stereocenters. The minimum Gasteiger partial charge on any atom is -0.391 e. The molecule has 2 aromatic rings. The summed E-state index contributed by atoms with van der Waals surface area (Å²) in [6.07, 6.45) is -1.48. The van der Waals surface area contributed by atoms with E-state index in [0.29, 0.717) is 42.5 Å². The number of rotatable bonds is 5. The lowest BCUT2D eigenvalue weighted by molar-refractivity contribution is -0.137. The monoisotopic (exact) mass is 414 g/mol. The summed E-state index contributed by atoms with van der Waals surface area (Å²) >= 11 is 1.21. The number of urea groups is 1. The molecule has 1 aromatic heterocycles. The Bertz CT molecular complexity index is 804. The number of amides is 2. The summed E-state index contributed by atoms with van der Waals surface area (Å²) in [7, 11) is 0. The van der Waals surface area contributed by atoms with Crippen LogP contribution >= 0.6 is 11.3 Å². The van der Waals surface area contributed by atoms with E-state index in [9.17, 15) is 18.0 Å². The third-order valence-corrected chi connectivity index (χ3v) is 5.54. The Balaban J connectivity index is 1.47. The molecule has 1 fully saturated rings. The highest BCUT2D eigenvalue weighted by Crippen LogP contribution is 2.34. The largest absolute Gasteiger partial charge is 0.418 e. The van der Waals surface area contributed by atoms with Gasteiger partial charge < -0.3 is 15.3 Å². The van der Waals surface area contributed by atoms with E-state index in [1.54, 1.807) is 11.0 Å². The van der Waals surface area contributed by atoms with Crippen molar-refractivity contribution in [2.45, 2.75) is 25.6 Å². The molecule has 2 amide bonds. The summed E-state index contributed by atoms with van der Waals surface area (Å²) in [5.74, 6) is 0.186. The minimum atomic E-state index is -4.39. The van der Waals surface area contributed by atoms with Crippen LogP contribution < -0.4 is 10.6 Å². The quantitative estimate of drug-likeness (QED) is 0.691. The zero-order valence-electron chi connectivity index (χ0n) is 15.0. The number of aliphatic hydroxyl groups excluding tert-OH is 1. The van der Waals surface area contributed by atoms with E-state index in [4.69, 9.17) is 5.11 Å². The van der Waals surface area contributed by atoms with Gasteiger partial charge in [0.2, 0.25) is 0 Å². The van der Waals surface area contributed by atoms with Crippen molar-refractivity contribution < 1.29 is 23.1 Å². The van der Waals surface area contributed by atoms with E-state index < -0.39 is 11.7 Å². The van der Waals surface area contributed by atoms with Crippen molar-refractivity contribution in [2.75, 3.05) is 30.3 Å². The zero-order valence-corrected chi connectivity index (χ0v) is 15.8. The van der Waals surface area contributed by atoms with Crippen LogP contribution in [0.1, 0.15) is 23.3 Å². The molecule has 1 saturated heterocycles. The van der Waals surface area contributed by atoms with Crippen LogP contribution in [0.25, 0.3) is 0 Å². The molecule has 152 valence electrons. The number of carbonyl (C=O) groups is 1. The van der Waals surface area contributed by atoms with Gasteiger partial charge in [-0.15, -0.1) is 0 Å². The van der Waals surface area contributed by atoms with Gasteiger partial charge in [0.05, 0.1) is 17.0 Å². The first-order valence-corrected chi connectivity index (χ1v) is 9.70. The predicted octanol–water partition coefficient (Wildman–Crippen LogP) is 4.01. The summed E-state index contributed by atoms with van der Waals surface area (Å²) in [6.45, 7) is 1.35. The Kier molecular flexibility index (Phi) is 6.40. The van der Waals surface area contributed by atoms with E-state index in [1.165, 1.54) is 29.7 Å². The lowest BCUT2D eigenvalue weighted by Crippen LogP contribution is -2.42. The highest BCUT2D eigenvalue weighted by molar-refractivity contribution is 7.15. The maximum absolute atomic E-state index is 13.0. The van der Waals surface area contributed by atoms with Crippen LogP contribution in [0.2, 0.25) is 0 Å². The second-order valence-electron chi connectivity index (χ2n) is 6.57. The first kappa shape index (κ1) is 20.4. The molecule has 1 aromatic carbocycles. The number of carbonyl (C=O) groups excluding carboxylic acids is 1. The van der Waals surface area contributed by atoms with Crippen LogP contribution in [-0.4, -0.2) is 40.7 Å². The Hall–Kier alpha value is -2.33. The van der Waals surface area contributed by atoms with Crippen molar-refractivity contribution in [3.63, 3.8) is 0 Å². The van der Waals surface area contributed by atoms with Crippen LogP contribution in [0.15, 0.2) is 30.5 Å². The first-order chi connectivity index (χ1) is 13.4. The van der Waals surface area contributed by atoms with Crippen molar-refractivity contribution in [3.8, 4) is 0 Å².